The van der Waals surface area contributed by atoms with Gasteiger partial charge in [-0.2, -0.15) is 0 Å². The first kappa shape index (κ1) is 20.9. The normalized spacial score (nSPS) is 20.6. The average molecular weight is 376 g/mol. The van der Waals surface area contributed by atoms with Crippen LogP contribution >= 0.6 is 0 Å². The van der Waals surface area contributed by atoms with Gasteiger partial charge in [-0.25, -0.2) is 0 Å². The molecule has 3 atom stereocenters. The molecule has 1 aliphatic rings. The highest BCUT2D eigenvalue weighted by atomic mass is 16.6. The molecule has 1 aliphatic heterocycles. The van der Waals surface area contributed by atoms with Gasteiger partial charge in [0, 0.05) is 6.08 Å². The van der Waals surface area contributed by atoms with Crippen LogP contribution in [-0.4, -0.2) is 49.0 Å². The molecule has 0 bridgehead atoms. The summed E-state index contributed by atoms with van der Waals surface area (Å²) in [6.45, 7) is 4.36. The van der Waals surface area contributed by atoms with Crippen LogP contribution in [0.25, 0.3) is 6.08 Å². The van der Waals surface area contributed by atoms with Crippen molar-refractivity contribution in [3.8, 4) is 5.75 Å². The first-order valence-corrected chi connectivity index (χ1v) is 9.11. The van der Waals surface area contributed by atoms with Crippen LogP contribution in [0.4, 0.5) is 0 Å². The van der Waals surface area contributed by atoms with E-state index in [4.69, 9.17) is 9.47 Å². The number of carbonyl (C=O) groups excluding carboxylic acids is 2. The second kappa shape index (κ2) is 10.1. The van der Waals surface area contributed by atoms with Gasteiger partial charge >= 0.3 is 0 Å². The molecular weight excluding hydrogens is 348 g/mol. The minimum Gasteiger partial charge on any atom is -0.497 e. The van der Waals surface area contributed by atoms with E-state index in [1.54, 1.807) is 13.2 Å². The minimum absolute atomic E-state index is 0.219. The molecule has 0 saturated carbocycles. The van der Waals surface area contributed by atoms with Crippen LogP contribution in [-0.2, 0) is 14.3 Å². The average Bonchev–Trinajstić information content (AvgIpc) is 3.04. The number of aliphatic hydroxyl groups excluding tert-OH is 1. The van der Waals surface area contributed by atoms with Crippen LogP contribution in [0.15, 0.2) is 30.3 Å². The monoisotopic (exact) mass is 376 g/mol. The van der Waals surface area contributed by atoms with Crippen molar-refractivity contribution in [2.24, 2.45) is 5.92 Å². The minimum atomic E-state index is -1.00. The van der Waals surface area contributed by atoms with Crippen molar-refractivity contribution in [1.82, 2.24) is 10.6 Å². The Balaban J connectivity index is 1.95. The van der Waals surface area contributed by atoms with Gasteiger partial charge in [0.05, 0.1) is 19.8 Å². The molecule has 7 heteroatoms. The molecule has 1 heterocycles. The predicted molar refractivity (Wildman–Crippen MR) is 102 cm³/mol. The summed E-state index contributed by atoms with van der Waals surface area (Å²) >= 11 is 0. The van der Waals surface area contributed by atoms with E-state index in [1.807, 2.05) is 38.1 Å². The summed E-state index contributed by atoms with van der Waals surface area (Å²) in [6.07, 6.45) is 3.12. The number of methoxy groups -OCH3 is 1. The zero-order valence-electron chi connectivity index (χ0n) is 16.0. The third kappa shape index (κ3) is 6.69. The van der Waals surface area contributed by atoms with E-state index in [9.17, 15) is 14.7 Å². The molecule has 1 saturated heterocycles. The van der Waals surface area contributed by atoms with Crippen molar-refractivity contribution >= 4 is 17.9 Å². The number of hydrogen-bond donors (Lipinski definition) is 3. The number of hydrogen-bond acceptors (Lipinski definition) is 5. The highest BCUT2D eigenvalue weighted by Gasteiger charge is 2.30. The van der Waals surface area contributed by atoms with Gasteiger partial charge in [0.1, 0.15) is 11.8 Å². The number of aliphatic hydroxyl groups is 1. The number of rotatable bonds is 8. The van der Waals surface area contributed by atoms with Gasteiger partial charge < -0.3 is 25.2 Å². The maximum Gasteiger partial charge on any atom is 0.244 e. The lowest BCUT2D eigenvalue weighted by Gasteiger charge is -2.22. The smallest absolute Gasteiger partial charge is 0.244 e. The Hall–Kier alpha value is -2.38. The third-order valence-electron chi connectivity index (χ3n) is 4.27. The fourth-order valence-electron chi connectivity index (χ4n) is 2.81. The van der Waals surface area contributed by atoms with Gasteiger partial charge in [0.2, 0.25) is 11.8 Å². The van der Waals surface area contributed by atoms with E-state index < -0.39 is 18.4 Å². The standard InChI is InChI=1S/C20H28N2O5/c1-13(2)12-17(19(24)22-16-10-11-27-20(16)25)21-18(23)9-6-14-4-7-15(26-3)8-5-14/h4-9,13,16-17,20,25H,10-12H2,1-3H3,(H,21,23)(H,22,24)/t16-,17?,20?/m0/s1. The van der Waals surface area contributed by atoms with Gasteiger partial charge in [-0.1, -0.05) is 26.0 Å². The van der Waals surface area contributed by atoms with E-state index in [-0.39, 0.29) is 17.7 Å². The fraction of sp³-hybridized carbons (Fsp3) is 0.500. The van der Waals surface area contributed by atoms with Gasteiger partial charge in [-0.3, -0.25) is 9.59 Å². The highest BCUT2D eigenvalue weighted by Crippen LogP contribution is 2.13. The third-order valence-corrected chi connectivity index (χ3v) is 4.27. The summed E-state index contributed by atoms with van der Waals surface area (Å²) in [6, 6.07) is 6.17. The SMILES string of the molecule is COc1ccc(C=CC(=O)NC(CC(C)C)C(=O)N[C@H]2CCOC2O)cc1. The zero-order valence-corrected chi connectivity index (χ0v) is 16.0. The predicted octanol–water partition coefficient (Wildman–Crippen LogP) is 1.46. The van der Waals surface area contributed by atoms with Crippen molar-refractivity contribution in [3.05, 3.63) is 35.9 Å². The molecule has 2 rings (SSSR count). The van der Waals surface area contributed by atoms with E-state index in [0.717, 1.165) is 11.3 Å². The molecule has 27 heavy (non-hydrogen) atoms. The van der Waals surface area contributed by atoms with Crippen LogP contribution in [0.5, 0.6) is 5.75 Å². The largest absolute Gasteiger partial charge is 0.497 e. The molecule has 0 aliphatic carbocycles. The molecular formula is C20H28N2O5. The first-order valence-electron chi connectivity index (χ1n) is 9.11. The maximum atomic E-state index is 12.5. The lowest BCUT2D eigenvalue weighted by molar-refractivity contribution is -0.130. The molecule has 148 valence electrons. The summed E-state index contributed by atoms with van der Waals surface area (Å²) < 4.78 is 10.1. The van der Waals surface area contributed by atoms with Crippen molar-refractivity contribution < 1.29 is 24.2 Å². The number of carbonyl (C=O) groups is 2. The number of nitrogens with one attached hydrogen (secondary N) is 2. The van der Waals surface area contributed by atoms with Gasteiger partial charge in [-0.05, 0) is 42.5 Å². The Labute approximate surface area is 159 Å². The summed E-state index contributed by atoms with van der Waals surface area (Å²) in [7, 11) is 1.59. The van der Waals surface area contributed by atoms with E-state index >= 15 is 0 Å². The molecule has 0 spiro atoms. The first-order chi connectivity index (χ1) is 12.9. The summed E-state index contributed by atoms with van der Waals surface area (Å²) in [4.78, 5) is 24.8. The Kier molecular flexibility index (Phi) is 7.82. The Morgan fingerprint density at radius 3 is 2.59 bits per heavy atom. The summed E-state index contributed by atoms with van der Waals surface area (Å²) in [5, 5.41) is 15.2. The summed E-state index contributed by atoms with van der Waals surface area (Å²) in [5.74, 6) is 0.291. The van der Waals surface area contributed by atoms with Gasteiger partial charge in [-0.15, -0.1) is 0 Å². The molecule has 2 amide bonds. The molecule has 1 aromatic rings. The molecule has 3 N–H and O–H groups in total. The number of ether oxygens (including phenoxy) is 2. The van der Waals surface area contributed by atoms with E-state index in [1.165, 1.54) is 6.08 Å². The van der Waals surface area contributed by atoms with Crippen LogP contribution in [0.3, 0.4) is 0 Å². The topological polar surface area (TPSA) is 96.9 Å². The van der Waals surface area contributed by atoms with Crippen LogP contribution < -0.4 is 15.4 Å². The number of amides is 2. The quantitative estimate of drug-likeness (QED) is 0.597. The molecule has 2 unspecified atom stereocenters. The van der Waals surface area contributed by atoms with Crippen molar-refractivity contribution in [1.29, 1.82) is 0 Å². The molecule has 0 aromatic heterocycles. The van der Waals surface area contributed by atoms with Gasteiger partial charge in [0.15, 0.2) is 6.29 Å². The van der Waals surface area contributed by atoms with Crippen molar-refractivity contribution in [2.45, 2.75) is 45.1 Å². The van der Waals surface area contributed by atoms with Crippen molar-refractivity contribution in [2.75, 3.05) is 13.7 Å². The lowest BCUT2D eigenvalue weighted by atomic mass is 10.0. The Morgan fingerprint density at radius 2 is 2.04 bits per heavy atom. The van der Waals surface area contributed by atoms with Crippen LogP contribution in [0.2, 0.25) is 0 Å². The highest BCUT2D eigenvalue weighted by molar-refractivity contribution is 5.95. The second-order valence-corrected chi connectivity index (χ2v) is 6.96. The van der Waals surface area contributed by atoms with Crippen LogP contribution in [0, 0.1) is 5.92 Å². The van der Waals surface area contributed by atoms with Gasteiger partial charge in [0.25, 0.3) is 0 Å². The Bertz CT molecular complexity index is 657. The molecule has 1 fully saturated rings. The van der Waals surface area contributed by atoms with Crippen LogP contribution in [0.1, 0.15) is 32.3 Å². The van der Waals surface area contributed by atoms with E-state index in [0.29, 0.717) is 19.4 Å². The Morgan fingerprint density at radius 1 is 1.33 bits per heavy atom. The lowest BCUT2D eigenvalue weighted by Crippen LogP contribution is -2.51. The number of benzene rings is 1. The molecule has 7 nitrogen and oxygen atoms in total. The maximum absolute atomic E-state index is 12.5. The van der Waals surface area contributed by atoms with E-state index in [2.05, 4.69) is 10.6 Å². The zero-order chi connectivity index (χ0) is 19.8. The fourth-order valence-corrected chi connectivity index (χ4v) is 2.81. The second-order valence-electron chi connectivity index (χ2n) is 6.96. The summed E-state index contributed by atoms with van der Waals surface area (Å²) in [5.41, 5.74) is 0.849. The molecule has 1 aromatic carbocycles. The van der Waals surface area contributed by atoms with Crippen molar-refractivity contribution in [3.63, 3.8) is 0 Å². The molecule has 0 radical (unpaired) electrons.